The van der Waals surface area contributed by atoms with E-state index < -0.39 is 0 Å². The van der Waals surface area contributed by atoms with Gasteiger partial charge < -0.3 is 9.64 Å². The Bertz CT molecular complexity index is 557. The van der Waals surface area contributed by atoms with Crippen LogP contribution >= 0.6 is 11.6 Å². The van der Waals surface area contributed by atoms with E-state index in [1.54, 1.807) is 23.1 Å². The van der Waals surface area contributed by atoms with Crippen LogP contribution in [0.3, 0.4) is 0 Å². The van der Waals surface area contributed by atoms with Crippen LogP contribution in [0.5, 0.6) is 5.75 Å². The highest BCUT2D eigenvalue weighted by atomic mass is 35.5. The minimum absolute atomic E-state index is 0.0925. The van der Waals surface area contributed by atoms with Gasteiger partial charge in [-0.05, 0) is 37.6 Å². The van der Waals surface area contributed by atoms with Gasteiger partial charge in [0.25, 0.3) is 5.91 Å². The van der Waals surface area contributed by atoms with Crippen LogP contribution in [-0.2, 0) is 4.79 Å². The maximum atomic E-state index is 12.1. The largest absolute Gasteiger partial charge is 0.495 e. The summed E-state index contributed by atoms with van der Waals surface area (Å²) >= 11 is 6.02. The van der Waals surface area contributed by atoms with Gasteiger partial charge >= 0.3 is 0 Å². The van der Waals surface area contributed by atoms with E-state index in [1.165, 1.54) is 13.2 Å². The molecule has 0 heterocycles. The van der Waals surface area contributed by atoms with Crippen molar-refractivity contribution in [1.29, 1.82) is 5.26 Å². The van der Waals surface area contributed by atoms with Crippen molar-refractivity contribution in [2.45, 2.75) is 13.8 Å². The molecule has 4 nitrogen and oxygen atoms in total. The Morgan fingerprint density at radius 3 is 2.55 bits per heavy atom. The standard InChI is InChI=1S/C15H17ClN2O2/c1-4-18(5-2)15(19)12(10-17)8-11-6-7-14(20-3)13(16)9-11/h6-9H,4-5H2,1-3H3/b12-8+. The summed E-state index contributed by atoms with van der Waals surface area (Å²) in [6, 6.07) is 7.05. The molecular formula is C15H17ClN2O2. The molecule has 0 fully saturated rings. The molecule has 0 spiro atoms. The van der Waals surface area contributed by atoms with E-state index in [0.717, 1.165) is 0 Å². The summed E-state index contributed by atoms with van der Waals surface area (Å²) in [5, 5.41) is 9.58. The first-order chi connectivity index (χ1) is 9.57. The summed E-state index contributed by atoms with van der Waals surface area (Å²) < 4.78 is 5.06. The third-order valence-electron chi connectivity index (χ3n) is 2.89. The van der Waals surface area contributed by atoms with Crippen molar-refractivity contribution in [1.82, 2.24) is 4.90 Å². The van der Waals surface area contributed by atoms with Crippen molar-refractivity contribution in [2.75, 3.05) is 20.2 Å². The SMILES string of the molecule is CCN(CC)C(=O)/C(C#N)=C/c1ccc(OC)c(Cl)c1. The molecule has 20 heavy (non-hydrogen) atoms. The number of ether oxygens (including phenoxy) is 1. The maximum absolute atomic E-state index is 12.1. The molecule has 0 aliphatic rings. The molecule has 0 atom stereocenters. The summed E-state index contributed by atoms with van der Waals surface area (Å²) in [7, 11) is 1.53. The fourth-order valence-electron chi connectivity index (χ4n) is 1.76. The summed E-state index contributed by atoms with van der Waals surface area (Å²) in [4.78, 5) is 13.7. The third-order valence-corrected chi connectivity index (χ3v) is 3.18. The Labute approximate surface area is 124 Å². The molecule has 106 valence electrons. The molecule has 1 aromatic carbocycles. The van der Waals surface area contributed by atoms with Gasteiger partial charge in [0.2, 0.25) is 0 Å². The summed E-state index contributed by atoms with van der Waals surface area (Å²) in [6.45, 7) is 4.89. The monoisotopic (exact) mass is 292 g/mol. The molecule has 0 aromatic heterocycles. The number of benzene rings is 1. The first kappa shape index (κ1) is 16.1. The van der Waals surface area contributed by atoms with Crippen molar-refractivity contribution in [3.05, 3.63) is 34.4 Å². The Morgan fingerprint density at radius 1 is 1.45 bits per heavy atom. The van der Waals surface area contributed by atoms with Gasteiger partial charge in [-0.1, -0.05) is 17.7 Å². The minimum atomic E-state index is -0.274. The molecule has 0 bridgehead atoms. The van der Waals surface area contributed by atoms with Crippen LogP contribution in [0.1, 0.15) is 19.4 Å². The lowest BCUT2D eigenvalue weighted by Crippen LogP contribution is -2.31. The van der Waals surface area contributed by atoms with Crippen molar-refractivity contribution in [3.8, 4) is 11.8 Å². The zero-order chi connectivity index (χ0) is 15.1. The van der Waals surface area contributed by atoms with Crippen molar-refractivity contribution < 1.29 is 9.53 Å². The number of rotatable bonds is 5. The lowest BCUT2D eigenvalue weighted by Gasteiger charge is -2.17. The number of amides is 1. The van der Waals surface area contributed by atoms with Crippen LogP contribution in [-0.4, -0.2) is 31.0 Å². The number of likely N-dealkylation sites (N-methyl/N-ethyl adjacent to an activating group) is 1. The number of nitriles is 1. The first-order valence-corrected chi connectivity index (χ1v) is 6.69. The highest BCUT2D eigenvalue weighted by molar-refractivity contribution is 6.32. The average molecular weight is 293 g/mol. The van der Waals surface area contributed by atoms with Crippen LogP contribution in [0.2, 0.25) is 5.02 Å². The molecule has 0 aliphatic heterocycles. The van der Waals surface area contributed by atoms with Gasteiger partial charge in [-0.25, -0.2) is 0 Å². The minimum Gasteiger partial charge on any atom is -0.495 e. The predicted octanol–water partition coefficient (Wildman–Crippen LogP) is 3.12. The summed E-state index contributed by atoms with van der Waals surface area (Å²) in [5.41, 5.74) is 0.780. The Morgan fingerprint density at radius 2 is 2.10 bits per heavy atom. The van der Waals surface area contributed by atoms with E-state index in [-0.39, 0.29) is 11.5 Å². The second kappa shape index (κ2) is 7.56. The van der Waals surface area contributed by atoms with Gasteiger partial charge in [0.05, 0.1) is 12.1 Å². The maximum Gasteiger partial charge on any atom is 0.264 e. The van der Waals surface area contributed by atoms with Gasteiger partial charge in [0, 0.05) is 13.1 Å². The number of nitrogens with zero attached hydrogens (tertiary/aromatic N) is 2. The van der Waals surface area contributed by atoms with Crippen LogP contribution in [0.25, 0.3) is 6.08 Å². The van der Waals surface area contributed by atoms with Gasteiger partial charge in [-0.3, -0.25) is 4.79 Å². The van der Waals surface area contributed by atoms with Crippen molar-refractivity contribution in [2.24, 2.45) is 0 Å². The van der Waals surface area contributed by atoms with E-state index in [9.17, 15) is 4.79 Å². The van der Waals surface area contributed by atoms with Gasteiger partial charge in [-0.2, -0.15) is 5.26 Å². The Balaban J connectivity index is 3.09. The number of carbonyl (C=O) groups excluding carboxylic acids is 1. The fraction of sp³-hybridized carbons (Fsp3) is 0.333. The Hall–Kier alpha value is -1.99. The normalized spacial score (nSPS) is 10.8. The van der Waals surface area contributed by atoms with Gasteiger partial charge in [0.15, 0.2) is 0 Å². The van der Waals surface area contributed by atoms with E-state index in [2.05, 4.69) is 0 Å². The molecule has 1 aromatic rings. The first-order valence-electron chi connectivity index (χ1n) is 6.31. The smallest absolute Gasteiger partial charge is 0.264 e. The summed E-state index contributed by atoms with van der Waals surface area (Å²) in [5.74, 6) is 0.279. The number of hydrogen-bond acceptors (Lipinski definition) is 3. The van der Waals surface area contributed by atoms with Gasteiger partial charge in [-0.15, -0.1) is 0 Å². The molecule has 0 saturated carbocycles. The molecule has 0 saturated heterocycles. The highest BCUT2D eigenvalue weighted by Crippen LogP contribution is 2.26. The molecule has 0 unspecified atom stereocenters. The lowest BCUT2D eigenvalue weighted by molar-refractivity contribution is -0.126. The number of carbonyl (C=O) groups is 1. The second-order valence-electron chi connectivity index (χ2n) is 4.04. The molecule has 0 aliphatic carbocycles. The zero-order valence-electron chi connectivity index (χ0n) is 11.8. The highest BCUT2D eigenvalue weighted by Gasteiger charge is 2.15. The third kappa shape index (κ3) is 3.75. The zero-order valence-corrected chi connectivity index (χ0v) is 12.6. The molecule has 0 N–H and O–H groups in total. The van der Waals surface area contributed by atoms with Crippen LogP contribution < -0.4 is 4.74 Å². The Kier molecular flexibility index (Phi) is 6.08. The van der Waals surface area contributed by atoms with E-state index >= 15 is 0 Å². The fourth-order valence-corrected chi connectivity index (χ4v) is 2.03. The van der Waals surface area contributed by atoms with E-state index in [1.807, 2.05) is 19.9 Å². The van der Waals surface area contributed by atoms with E-state index in [4.69, 9.17) is 21.6 Å². The van der Waals surface area contributed by atoms with Crippen LogP contribution in [0.4, 0.5) is 0 Å². The van der Waals surface area contributed by atoms with E-state index in [0.29, 0.717) is 29.4 Å². The van der Waals surface area contributed by atoms with Gasteiger partial charge in [0.1, 0.15) is 17.4 Å². The number of hydrogen-bond donors (Lipinski definition) is 0. The molecule has 1 amide bonds. The van der Waals surface area contributed by atoms with Crippen LogP contribution in [0, 0.1) is 11.3 Å². The topological polar surface area (TPSA) is 53.3 Å². The van der Waals surface area contributed by atoms with Crippen LogP contribution in [0.15, 0.2) is 23.8 Å². The van der Waals surface area contributed by atoms with Crippen molar-refractivity contribution >= 4 is 23.6 Å². The van der Waals surface area contributed by atoms with Crippen molar-refractivity contribution in [3.63, 3.8) is 0 Å². The second-order valence-corrected chi connectivity index (χ2v) is 4.45. The molecular weight excluding hydrogens is 276 g/mol. The molecule has 1 rings (SSSR count). The summed E-state index contributed by atoms with van der Waals surface area (Å²) in [6.07, 6.45) is 1.53. The average Bonchev–Trinajstić information content (AvgIpc) is 2.46. The lowest BCUT2D eigenvalue weighted by atomic mass is 10.1. The predicted molar refractivity (Wildman–Crippen MR) is 79.5 cm³/mol. The number of halogens is 1. The molecule has 5 heteroatoms. The molecule has 0 radical (unpaired) electrons. The quantitative estimate of drug-likeness (QED) is 0.619. The number of methoxy groups -OCH3 is 1.